The Morgan fingerprint density at radius 2 is 1.89 bits per heavy atom. The number of nitrogens with zero attached hydrogens (tertiary/aromatic N) is 3. The number of aliphatic imine (C=N–C) groups is 1. The molecule has 1 aromatic carbocycles. The van der Waals surface area contributed by atoms with Gasteiger partial charge in [0.1, 0.15) is 0 Å². The van der Waals surface area contributed by atoms with Gasteiger partial charge in [0.15, 0.2) is 11.1 Å². The van der Waals surface area contributed by atoms with Crippen molar-refractivity contribution in [3.05, 3.63) is 47.0 Å². The Kier molecular flexibility index (Phi) is 10.2. The summed E-state index contributed by atoms with van der Waals surface area (Å²) in [6, 6.07) is 10.8. The molecule has 1 aromatic heterocycles. The highest BCUT2D eigenvalue weighted by Crippen LogP contribution is 2.18. The largest absolute Gasteiger partial charge is 0.355 e. The second-order valence-corrected chi connectivity index (χ2v) is 8.29. The van der Waals surface area contributed by atoms with Crippen molar-refractivity contribution < 1.29 is 0 Å². The van der Waals surface area contributed by atoms with E-state index in [0.717, 1.165) is 23.3 Å². The van der Waals surface area contributed by atoms with Gasteiger partial charge in [0.2, 0.25) is 0 Å². The van der Waals surface area contributed by atoms with Crippen LogP contribution in [0, 0.1) is 0 Å². The summed E-state index contributed by atoms with van der Waals surface area (Å²) in [4.78, 5) is 10.9. The van der Waals surface area contributed by atoms with Gasteiger partial charge in [-0.15, -0.1) is 35.3 Å². The van der Waals surface area contributed by atoms with Gasteiger partial charge in [0.25, 0.3) is 0 Å². The van der Waals surface area contributed by atoms with Crippen molar-refractivity contribution in [1.29, 1.82) is 0 Å². The zero-order valence-corrected chi connectivity index (χ0v) is 20.8. The standard InChI is InChI=1S/C20H32N6S.HI/c1-15(16-10-8-7-9-11-16)25-20(2,3)14-23-18(21-4)22-12-17-13-27-19(24-17)26(5)6;/h7-11,13,15,25H,12,14H2,1-6H3,(H2,21,22,23);1H. The molecule has 2 aromatic rings. The summed E-state index contributed by atoms with van der Waals surface area (Å²) in [6.45, 7) is 7.98. The smallest absolute Gasteiger partial charge is 0.191 e. The van der Waals surface area contributed by atoms with Crippen LogP contribution in [0.1, 0.15) is 38.1 Å². The van der Waals surface area contributed by atoms with E-state index in [4.69, 9.17) is 0 Å². The van der Waals surface area contributed by atoms with E-state index in [1.807, 2.05) is 25.1 Å². The van der Waals surface area contributed by atoms with Crippen LogP contribution in [0.25, 0.3) is 0 Å². The first-order chi connectivity index (χ1) is 12.8. The number of guanidine groups is 1. The molecule has 156 valence electrons. The highest BCUT2D eigenvalue weighted by atomic mass is 127. The maximum absolute atomic E-state index is 4.58. The van der Waals surface area contributed by atoms with Gasteiger partial charge in [0, 0.05) is 44.6 Å². The average Bonchev–Trinajstić information content (AvgIpc) is 3.11. The number of benzene rings is 1. The Hall–Kier alpha value is -1.39. The van der Waals surface area contributed by atoms with Crippen LogP contribution < -0.4 is 20.9 Å². The minimum absolute atomic E-state index is 0. The molecular formula is C20H33IN6S. The van der Waals surface area contributed by atoms with Crippen LogP contribution in [-0.4, -0.2) is 44.2 Å². The Bertz CT molecular complexity index is 729. The lowest BCUT2D eigenvalue weighted by atomic mass is 10.0. The first kappa shape index (κ1) is 24.6. The van der Waals surface area contributed by atoms with Crippen LogP contribution in [0.15, 0.2) is 40.7 Å². The van der Waals surface area contributed by atoms with Crippen molar-refractivity contribution in [1.82, 2.24) is 20.9 Å². The minimum Gasteiger partial charge on any atom is -0.355 e. The van der Waals surface area contributed by atoms with Crippen molar-refractivity contribution in [3.63, 3.8) is 0 Å². The van der Waals surface area contributed by atoms with Gasteiger partial charge in [-0.3, -0.25) is 4.99 Å². The molecule has 0 spiro atoms. The Labute approximate surface area is 190 Å². The fourth-order valence-electron chi connectivity index (χ4n) is 2.74. The first-order valence-corrected chi connectivity index (χ1v) is 10.1. The molecule has 0 aliphatic rings. The molecule has 0 saturated heterocycles. The molecule has 0 amide bonds. The van der Waals surface area contributed by atoms with Gasteiger partial charge < -0.3 is 20.9 Å². The molecule has 0 aliphatic heterocycles. The lowest BCUT2D eigenvalue weighted by Gasteiger charge is -2.31. The zero-order valence-electron chi connectivity index (χ0n) is 17.6. The summed E-state index contributed by atoms with van der Waals surface area (Å²) in [6.07, 6.45) is 0. The molecule has 0 saturated carbocycles. The summed E-state index contributed by atoms with van der Waals surface area (Å²) >= 11 is 1.64. The van der Waals surface area contributed by atoms with Crippen LogP contribution in [0.2, 0.25) is 0 Å². The summed E-state index contributed by atoms with van der Waals surface area (Å²) in [5.41, 5.74) is 2.21. The summed E-state index contributed by atoms with van der Waals surface area (Å²) in [5.74, 6) is 0.775. The maximum Gasteiger partial charge on any atom is 0.191 e. The number of rotatable bonds is 8. The normalized spacial score (nSPS) is 12.9. The maximum atomic E-state index is 4.58. The van der Waals surface area contributed by atoms with Crippen molar-refractivity contribution in [3.8, 4) is 0 Å². The molecule has 3 N–H and O–H groups in total. The molecular weight excluding hydrogens is 483 g/mol. The van der Waals surface area contributed by atoms with E-state index < -0.39 is 0 Å². The van der Waals surface area contributed by atoms with Crippen LogP contribution in [-0.2, 0) is 6.54 Å². The number of aromatic nitrogens is 1. The van der Waals surface area contributed by atoms with Crippen molar-refractivity contribution in [2.45, 2.75) is 38.9 Å². The van der Waals surface area contributed by atoms with E-state index in [9.17, 15) is 0 Å². The lowest BCUT2D eigenvalue weighted by Crippen LogP contribution is -2.52. The van der Waals surface area contributed by atoms with Gasteiger partial charge in [-0.25, -0.2) is 4.98 Å². The third-order valence-electron chi connectivity index (χ3n) is 4.19. The third-order valence-corrected chi connectivity index (χ3v) is 5.24. The molecule has 1 heterocycles. The van der Waals surface area contributed by atoms with Crippen molar-refractivity contribution >= 4 is 46.4 Å². The number of halogens is 1. The van der Waals surface area contributed by atoms with Crippen LogP contribution >= 0.6 is 35.3 Å². The zero-order chi connectivity index (χ0) is 19.9. The Balaban J connectivity index is 0.00000392. The Morgan fingerprint density at radius 1 is 1.21 bits per heavy atom. The quantitative estimate of drug-likeness (QED) is 0.284. The summed E-state index contributed by atoms with van der Waals surface area (Å²) in [5, 5.41) is 13.5. The lowest BCUT2D eigenvalue weighted by molar-refractivity contribution is 0.345. The Morgan fingerprint density at radius 3 is 2.46 bits per heavy atom. The highest BCUT2D eigenvalue weighted by molar-refractivity contribution is 14.0. The third kappa shape index (κ3) is 7.92. The van der Waals surface area contributed by atoms with E-state index >= 15 is 0 Å². The van der Waals surface area contributed by atoms with Crippen molar-refractivity contribution in [2.75, 3.05) is 32.6 Å². The van der Waals surface area contributed by atoms with Crippen LogP contribution in [0.4, 0.5) is 5.13 Å². The van der Waals surface area contributed by atoms with Gasteiger partial charge in [-0.1, -0.05) is 30.3 Å². The fourth-order valence-corrected chi connectivity index (χ4v) is 3.50. The number of anilines is 1. The first-order valence-electron chi connectivity index (χ1n) is 9.19. The molecule has 1 atom stereocenters. The van der Waals surface area contributed by atoms with Crippen molar-refractivity contribution in [2.24, 2.45) is 4.99 Å². The molecule has 0 fully saturated rings. The summed E-state index contributed by atoms with van der Waals surface area (Å²) < 4.78 is 0. The fraction of sp³-hybridized carbons (Fsp3) is 0.500. The van der Waals surface area contributed by atoms with Crippen LogP contribution in [0.3, 0.4) is 0 Å². The average molecular weight is 516 g/mol. The number of hydrogen-bond acceptors (Lipinski definition) is 5. The second-order valence-electron chi connectivity index (χ2n) is 7.46. The van der Waals surface area contributed by atoms with E-state index in [1.54, 1.807) is 18.4 Å². The molecule has 0 aliphatic carbocycles. The molecule has 0 radical (unpaired) electrons. The highest BCUT2D eigenvalue weighted by Gasteiger charge is 2.21. The molecule has 0 bridgehead atoms. The predicted molar refractivity (Wildman–Crippen MR) is 132 cm³/mol. The second kappa shape index (κ2) is 11.6. The molecule has 2 rings (SSSR count). The minimum atomic E-state index is -0.0917. The molecule has 8 heteroatoms. The van der Waals surface area contributed by atoms with E-state index in [2.05, 4.69) is 76.3 Å². The topological polar surface area (TPSA) is 64.6 Å². The van der Waals surface area contributed by atoms with Gasteiger partial charge in [-0.2, -0.15) is 0 Å². The molecule has 28 heavy (non-hydrogen) atoms. The van der Waals surface area contributed by atoms with Crippen LogP contribution in [0.5, 0.6) is 0 Å². The van der Waals surface area contributed by atoms with E-state index in [-0.39, 0.29) is 35.6 Å². The molecule has 6 nitrogen and oxygen atoms in total. The van der Waals surface area contributed by atoms with E-state index in [1.165, 1.54) is 5.56 Å². The predicted octanol–water partition coefficient (Wildman–Crippen LogP) is 3.62. The van der Waals surface area contributed by atoms with Gasteiger partial charge in [0.05, 0.1) is 12.2 Å². The monoisotopic (exact) mass is 516 g/mol. The number of nitrogens with one attached hydrogen (secondary N) is 3. The summed E-state index contributed by atoms with van der Waals surface area (Å²) in [7, 11) is 5.79. The SMILES string of the molecule is CN=C(NCc1csc(N(C)C)n1)NCC(C)(C)NC(C)c1ccccc1.I. The molecule has 1 unspecified atom stereocenters. The number of thiazole rings is 1. The van der Waals surface area contributed by atoms with E-state index in [0.29, 0.717) is 6.54 Å². The number of hydrogen-bond donors (Lipinski definition) is 3. The van der Waals surface area contributed by atoms with Gasteiger partial charge >= 0.3 is 0 Å². The van der Waals surface area contributed by atoms with Gasteiger partial charge in [-0.05, 0) is 26.3 Å².